The summed E-state index contributed by atoms with van der Waals surface area (Å²) in [6.07, 6.45) is 0. The second-order valence-electron chi connectivity index (χ2n) is 7.68. The molecule has 2 fully saturated rings. The first-order valence-electron chi connectivity index (χ1n) is 11.5. The minimum absolute atomic E-state index is 0.219. The minimum Gasteiger partial charge on any atom is -0.355 e. The molecule has 4 rings (SSSR count). The fourth-order valence-corrected chi connectivity index (χ4v) is 5.18. The summed E-state index contributed by atoms with van der Waals surface area (Å²) in [5.74, 6) is -0.934. The van der Waals surface area contributed by atoms with Crippen molar-refractivity contribution in [2.75, 3.05) is 29.9 Å². The molecule has 2 aliphatic rings. The summed E-state index contributed by atoms with van der Waals surface area (Å²) in [6.45, 7) is 4.71. The summed E-state index contributed by atoms with van der Waals surface area (Å²) in [7, 11) is 0. The van der Waals surface area contributed by atoms with Crippen molar-refractivity contribution in [1.82, 2.24) is 20.9 Å². The first-order valence-corrected chi connectivity index (χ1v) is 13.5. The Morgan fingerprint density at radius 3 is 1.92 bits per heavy atom. The molecule has 4 amide bonds. The monoisotopic (exact) mass is 539 g/mol. The van der Waals surface area contributed by atoms with Crippen LogP contribution < -0.4 is 16.2 Å². The highest BCUT2D eigenvalue weighted by atomic mass is 32.2. The fraction of sp³-hybridized carbons (Fsp3) is 0.250. The summed E-state index contributed by atoms with van der Waals surface area (Å²) in [5.41, 5.74) is 7.08. The van der Waals surface area contributed by atoms with Crippen molar-refractivity contribution in [3.05, 3.63) is 59.7 Å². The molecule has 0 spiro atoms. The van der Waals surface area contributed by atoms with Crippen LogP contribution in [0.25, 0.3) is 0 Å². The first kappa shape index (κ1) is 26.2. The van der Waals surface area contributed by atoms with Gasteiger partial charge in [-0.25, -0.2) is 0 Å². The van der Waals surface area contributed by atoms with E-state index in [1.807, 2.05) is 13.8 Å². The van der Waals surface area contributed by atoms with Crippen LogP contribution in [0.3, 0.4) is 0 Å². The lowest BCUT2D eigenvalue weighted by molar-refractivity contribution is -0.126. The minimum atomic E-state index is -0.462. The van der Waals surface area contributed by atoms with E-state index in [-0.39, 0.29) is 23.3 Å². The number of anilines is 2. The Morgan fingerprint density at radius 2 is 1.35 bits per heavy atom. The van der Waals surface area contributed by atoms with Crippen molar-refractivity contribution in [3.63, 3.8) is 0 Å². The Labute approximate surface area is 222 Å². The number of nitrogens with zero attached hydrogens (tertiary/aromatic N) is 4. The molecule has 2 aromatic carbocycles. The third kappa shape index (κ3) is 6.12. The van der Waals surface area contributed by atoms with Gasteiger partial charge in [0.05, 0.1) is 22.8 Å². The maximum atomic E-state index is 13.0. The zero-order valence-electron chi connectivity index (χ0n) is 20.2. The number of nitrogens with one attached hydrogen (secondary N) is 3. The molecule has 0 aliphatic carbocycles. The first-order chi connectivity index (χ1) is 17.9. The Hall–Kier alpha value is -3.84. The molecule has 0 bridgehead atoms. The van der Waals surface area contributed by atoms with Crippen LogP contribution in [0.5, 0.6) is 0 Å². The zero-order valence-corrected chi connectivity index (χ0v) is 21.8. The lowest BCUT2D eigenvalue weighted by Gasteiger charge is -2.19. The molecule has 3 N–H and O–H groups in total. The second kappa shape index (κ2) is 11.9. The molecule has 2 heterocycles. The van der Waals surface area contributed by atoms with Gasteiger partial charge in [0, 0.05) is 24.3 Å². The Balaban J connectivity index is 1.44. The van der Waals surface area contributed by atoms with Gasteiger partial charge in [0.25, 0.3) is 23.6 Å². The molecule has 192 valence electrons. The Kier molecular flexibility index (Phi) is 8.46. The highest BCUT2D eigenvalue weighted by Gasteiger charge is 2.31. The molecular formula is C24H25N7O4S2. The van der Waals surface area contributed by atoms with Crippen LogP contribution in [0, 0.1) is 0 Å². The molecule has 37 heavy (non-hydrogen) atoms. The normalized spacial score (nSPS) is 17.6. The number of thioether (sulfide) groups is 2. The molecule has 0 unspecified atom stereocenters. The standard InChI is InChI=1S/C24H25N7O4S2/c1-3-25-23-30(19(32)13-36-23)28-21(34)15-9-11-16(12-10-15)27-18-8-6-5-7-17(18)22(35)29-31-20(33)14-37-24(31)26-4-2/h5-12,27H,3-4,13-14H2,1-2H3,(H,28,34)(H,29,35). The molecule has 0 aromatic heterocycles. The van der Waals surface area contributed by atoms with Crippen molar-refractivity contribution < 1.29 is 19.2 Å². The van der Waals surface area contributed by atoms with Gasteiger partial charge in [-0.3, -0.25) is 40.0 Å². The fourth-order valence-electron chi connectivity index (χ4n) is 3.43. The number of aliphatic imine (C=N–C) groups is 2. The van der Waals surface area contributed by atoms with E-state index < -0.39 is 11.8 Å². The molecule has 2 saturated heterocycles. The molecule has 2 aromatic rings. The topological polar surface area (TPSA) is 136 Å². The number of hydrogen-bond donors (Lipinski definition) is 3. The summed E-state index contributed by atoms with van der Waals surface area (Å²) in [4.78, 5) is 58.5. The van der Waals surface area contributed by atoms with Gasteiger partial charge in [-0.1, -0.05) is 35.7 Å². The predicted molar refractivity (Wildman–Crippen MR) is 146 cm³/mol. The van der Waals surface area contributed by atoms with Crippen LogP contribution >= 0.6 is 23.5 Å². The summed E-state index contributed by atoms with van der Waals surface area (Å²) < 4.78 is 0. The van der Waals surface area contributed by atoms with Crippen molar-refractivity contribution in [2.24, 2.45) is 9.98 Å². The highest BCUT2D eigenvalue weighted by Crippen LogP contribution is 2.23. The SMILES string of the molecule is CCN=C1SCC(=O)N1NC(=O)c1ccc(Nc2ccccc2C(=O)NN2C(=O)CSC2=NCC)cc1. The molecular weight excluding hydrogens is 514 g/mol. The van der Waals surface area contributed by atoms with E-state index in [2.05, 4.69) is 26.2 Å². The van der Waals surface area contributed by atoms with Crippen LogP contribution in [0.4, 0.5) is 11.4 Å². The summed E-state index contributed by atoms with van der Waals surface area (Å²) in [6, 6.07) is 13.5. The van der Waals surface area contributed by atoms with Gasteiger partial charge in [-0.2, -0.15) is 10.0 Å². The molecule has 2 aliphatic heterocycles. The van der Waals surface area contributed by atoms with E-state index >= 15 is 0 Å². The van der Waals surface area contributed by atoms with E-state index in [4.69, 9.17) is 0 Å². The van der Waals surface area contributed by atoms with Gasteiger partial charge in [-0.15, -0.1) is 0 Å². The second-order valence-corrected chi connectivity index (χ2v) is 9.56. The number of hydrogen-bond acceptors (Lipinski definition) is 9. The largest absolute Gasteiger partial charge is 0.355 e. The van der Waals surface area contributed by atoms with Gasteiger partial charge in [0.1, 0.15) is 0 Å². The third-order valence-corrected chi connectivity index (χ3v) is 7.06. The van der Waals surface area contributed by atoms with E-state index in [9.17, 15) is 19.2 Å². The molecule has 0 radical (unpaired) electrons. The number of carbonyl (C=O) groups excluding carboxylic acids is 4. The summed E-state index contributed by atoms with van der Waals surface area (Å²) >= 11 is 2.56. The molecule has 0 saturated carbocycles. The van der Waals surface area contributed by atoms with E-state index in [0.29, 0.717) is 45.9 Å². The number of carbonyl (C=O) groups is 4. The highest BCUT2D eigenvalue weighted by molar-refractivity contribution is 8.15. The van der Waals surface area contributed by atoms with Gasteiger partial charge in [0.2, 0.25) is 0 Å². The maximum Gasteiger partial charge on any atom is 0.272 e. The predicted octanol–water partition coefficient (Wildman–Crippen LogP) is 2.62. The van der Waals surface area contributed by atoms with Crippen molar-refractivity contribution in [1.29, 1.82) is 0 Å². The molecule has 13 heteroatoms. The van der Waals surface area contributed by atoms with Gasteiger partial charge in [0.15, 0.2) is 10.3 Å². The average Bonchev–Trinajstić information content (AvgIpc) is 3.42. The number of amidine groups is 2. The van der Waals surface area contributed by atoms with E-state index in [1.54, 1.807) is 48.5 Å². The average molecular weight is 540 g/mol. The zero-order chi connectivity index (χ0) is 26.4. The lowest BCUT2D eigenvalue weighted by Crippen LogP contribution is -2.45. The number of hydrazine groups is 2. The molecule has 11 nitrogen and oxygen atoms in total. The summed E-state index contributed by atoms with van der Waals surface area (Å²) in [5, 5.41) is 6.47. The van der Waals surface area contributed by atoms with Crippen LogP contribution in [-0.2, 0) is 9.59 Å². The van der Waals surface area contributed by atoms with Crippen LogP contribution in [0.15, 0.2) is 58.5 Å². The number of para-hydroxylation sites is 1. The van der Waals surface area contributed by atoms with Gasteiger partial charge >= 0.3 is 0 Å². The quantitative estimate of drug-likeness (QED) is 0.469. The van der Waals surface area contributed by atoms with Crippen LogP contribution in [0.2, 0.25) is 0 Å². The molecule has 0 atom stereocenters. The number of amides is 4. The van der Waals surface area contributed by atoms with Crippen LogP contribution in [-0.4, -0.2) is 68.6 Å². The van der Waals surface area contributed by atoms with Crippen LogP contribution in [0.1, 0.15) is 34.6 Å². The van der Waals surface area contributed by atoms with Crippen molar-refractivity contribution in [3.8, 4) is 0 Å². The third-order valence-electron chi connectivity index (χ3n) is 5.14. The number of rotatable bonds is 8. The lowest BCUT2D eigenvalue weighted by atomic mass is 10.1. The smallest absolute Gasteiger partial charge is 0.272 e. The Bertz CT molecular complexity index is 1280. The Morgan fingerprint density at radius 1 is 0.811 bits per heavy atom. The number of benzene rings is 2. The van der Waals surface area contributed by atoms with Gasteiger partial charge < -0.3 is 5.32 Å². The van der Waals surface area contributed by atoms with Crippen molar-refractivity contribution >= 4 is 68.9 Å². The van der Waals surface area contributed by atoms with Crippen molar-refractivity contribution in [2.45, 2.75) is 13.8 Å². The van der Waals surface area contributed by atoms with E-state index in [1.165, 1.54) is 33.5 Å². The van der Waals surface area contributed by atoms with E-state index in [0.717, 1.165) is 0 Å². The van der Waals surface area contributed by atoms with Gasteiger partial charge in [-0.05, 0) is 50.2 Å². The maximum absolute atomic E-state index is 13.0.